The van der Waals surface area contributed by atoms with Crippen LogP contribution in [-0.4, -0.2) is 52.8 Å². The number of pyridine rings is 1. The normalized spacial score (nSPS) is 20.2. The molecule has 146 valence electrons. The Morgan fingerprint density at radius 2 is 2.11 bits per heavy atom. The molecular formula is C21H23FN4O2. The molecule has 28 heavy (non-hydrogen) atoms. The van der Waals surface area contributed by atoms with Gasteiger partial charge in [0.25, 0.3) is 0 Å². The van der Waals surface area contributed by atoms with E-state index in [-0.39, 0.29) is 18.2 Å². The van der Waals surface area contributed by atoms with Gasteiger partial charge in [-0.3, -0.25) is 19.5 Å². The summed E-state index contributed by atoms with van der Waals surface area (Å²) >= 11 is 0. The molecule has 1 aromatic carbocycles. The van der Waals surface area contributed by atoms with Crippen molar-refractivity contribution < 1.29 is 14.0 Å². The number of fused-ring (bicyclic) bond motifs is 1. The van der Waals surface area contributed by atoms with Crippen molar-refractivity contribution in [2.24, 2.45) is 0 Å². The summed E-state index contributed by atoms with van der Waals surface area (Å²) < 4.78 is 13.7. The smallest absolute Gasteiger partial charge is 0.230 e. The Balaban J connectivity index is 1.45. The number of aromatic nitrogens is 1. The van der Waals surface area contributed by atoms with Gasteiger partial charge in [0.2, 0.25) is 11.8 Å². The molecule has 0 saturated carbocycles. The van der Waals surface area contributed by atoms with E-state index in [2.05, 4.69) is 15.2 Å². The summed E-state index contributed by atoms with van der Waals surface area (Å²) in [5, 5.41) is 2.73. The third-order valence-electron chi connectivity index (χ3n) is 5.38. The van der Waals surface area contributed by atoms with Crippen LogP contribution >= 0.6 is 0 Å². The van der Waals surface area contributed by atoms with E-state index in [1.807, 2.05) is 23.2 Å². The number of hydrogen-bond acceptors (Lipinski definition) is 4. The predicted octanol–water partition coefficient (Wildman–Crippen LogP) is 2.38. The summed E-state index contributed by atoms with van der Waals surface area (Å²) in [6.07, 6.45) is 4.54. The highest BCUT2D eigenvalue weighted by molar-refractivity contribution is 6.01. The second-order valence-corrected chi connectivity index (χ2v) is 7.35. The summed E-state index contributed by atoms with van der Waals surface area (Å²) in [7, 11) is 0. The molecule has 1 atom stereocenters. The molecule has 0 spiro atoms. The first kappa shape index (κ1) is 18.6. The first-order valence-corrected chi connectivity index (χ1v) is 9.59. The minimum atomic E-state index is -0.621. The third kappa shape index (κ3) is 4.04. The highest BCUT2D eigenvalue weighted by Crippen LogP contribution is 2.34. The van der Waals surface area contributed by atoms with Crippen LogP contribution in [0.1, 0.15) is 29.9 Å². The lowest BCUT2D eigenvalue weighted by molar-refractivity contribution is -0.134. The Hall–Kier alpha value is -2.80. The van der Waals surface area contributed by atoms with Crippen molar-refractivity contribution in [3.05, 3.63) is 59.7 Å². The minimum absolute atomic E-state index is 0.0607. The van der Waals surface area contributed by atoms with Gasteiger partial charge < -0.3 is 10.2 Å². The maximum absolute atomic E-state index is 13.7. The Bertz CT molecular complexity index is 874. The average Bonchev–Trinajstić information content (AvgIpc) is 2.93. The lowest BCUT2D eigenvalue weighted by atomic mass is 9.89. The highest BCUT2D eigenvalue weighted by Gasteiger charge is 2.34. The standard InChI is InChI=1S/C21H23FN4O2/c22-16-4-5-19-17(11-16)18(12-20(27)24-19)21(28)26-8-2-7-25(9-10-26)14-15-3-1-6-23-13-15/h1,3-6,11,13,18H,2,7-10,12,14H2,(H,24,27)/t18-/m1/s1. The van der Waals surface area contributed by atoms with Crippen molar-refractivity contribution >= 4 is 17.5 Å². The Morgan fingerprint density at radius 3 is 2.93 bits per heavy atom. The van der Waals surface area contributed by atoms with Crippen molar-refractivity contribution in [3.8, 4) is 0 Å². The molecule has 2 aliphatic heterocycles. The summed E-state index contributed by atoms with van der Waals surface area (Å²) in [4.78, 5) is 33.5. The molecule has 1 N–H and O–H groups in total. The van der Waals surface area contributed by atoms with Crippen molar-refractivity contribution in [3.63, 3.8) is 0 Å². The van der Waals surface area contributed by atoms with E-state index in [1.54, 1.807) is 6.20 Å². The molecule has 2 aliphatic rings. The van der Waals surface area contributed by atoms with E-state index >= 15 is 0 Å². The number of nitrogens with zero attached hydrogens (tertiary/aromatic N) is 3. The van der Waals surface area contributed by atoms with Gasteiger partial charge >= 0.3 is 0 Å². The quantitative estimate of drug-likeness (QED) is 0.885. The van der Waals surface area contributed by atoms with Crippen molar-refractivity contribution in [1.82, 2.24) is 14.8 Å². The fourth-order valence-corrected chi connectivity index (χ4v) is 3.97. The number of anilines is 1. The van der Waals surface area contributed by atoms with E-state index in [1.165, 1.54) is 18.2 Å². The van der Waals surface area contributed by atoms with Gasteiger partial charge in [-0.1, -0.05) is 6.07 Å². The molecule has 0 aliphatic carbocycles. The van der Waals surface area contributed by atoms with Crippen LogP contribution in [0.2, 0.25) is 0 Å². The Morgan fingerprint density at radius 1 is 1.21 bits per heavy atom. The number of carbonyl (C=O) groups is 2. The zero-order valence-electron chi connectivity index (χ0n) is 15.6. The van der Waals surface area contributed by atoms with Crippen LogP contribution in [0, 0.1) is 5.82 Å². The van der Waals surface area contributed by atoms with Crippen LogP contribution in [0.3, 0.4) is 0 Å². The van der Waals surface area contributed by atoms with Crippen LogP contribution in [0.15, 0.2) is 42.7 Å². The van der Waals surface area contributed by atoms with E-state index in [9.17, 15) is 14.0 Å². The van der Waals surface area contributed by atoms with Gasteiger partial charge in [0.1, 0.15) is 5.82 Å². The van der Waals surface area contributed by atoms with E-state index in [0.29, 0.717) is 24.3 Å². The zero-order chi connectivity index (χ0) is 19.5. The molecule has 4 rings (SSSR count). The number of carbonyl (C=O) groups excluding carboxylic acids is 2. The first-order chi connectivity index (χ1) is 13.6. The molecule has 0 unspecified atom stereocenters. The molecular weight excluding hydrogens is 359 g/mol. The zero-order valence-corrected chi connectivity index (χ0v) is 15.6. The van der Waals surface area contributed by atoms with Gasteiger partial charge in [-0.05, 0) is 41.8 Å². The number of benzene rings is 1. The van der Waals surface area contributed by atoms with Crippen LogP contribution in [0.5, 0.6) is 0 Å². The lowest BCUT2D eigenvalue weighted by Crippen LogP contribution is -2.40. The second kappa shape index (κ2) is 8.06. The lowest BCUT2D eigenvalue weighted by Gasteiger charge is -2.30. The minimum Gasteiger partial charge on any atom is -0.341 e. The number of nitrogens with one attached hydrogen (secondary N) is 1. The van der Waals surface area contributed by atoms with Gasteiger partial charge in [-0.2, -0.15) is 0 Å². The molecule has 2 amide bonds. The first-order valence-electron chi connectivity index (χ1n) is 9.59. The maximum Gasteiger partial charge on any atom is 0.230 e. The number of rotatable bonds is 3. The van der Waals surface area contributed by atoms with Crippen LogP contribution in [-0.2, 0) is 16.1 Å². The largest absolute Gasteiger partial charge is 0.341 e. The third-order valence-corrected chi connectivity index (χ3v) is 5.38. The molecule has 0 bridgehead atoms. The van der Waals surface area contributed by atoms with Crippen molar-refractivity contribution in [1.29, 1.82) is 0 Å². The fourth-order valence-electron chi connectivity index (χ4n) is 3.97. The van der Waals surface area contributed by atoms with Crippen molar-refractivity contribution in [2.45, 2.75) is 25.3 Å². The maximum atomic E-state index is 13.7. The molecule has 7 heteroatoms. The summed E-state index contributed by atoms with van der Waals surface area (Å²) in [5.74, 6) is -1.31. The van der Waals surface area contributed by atoms with Crippen LogP contribution in [0.4, 0.5) is 10.1 Å². The van der Waals surface area contributed by atoms with Crippen LogP contribution in [0.25, 0.3) is 0 Å². The fraction of sp³-hybridized carbons (Fsp3) is 0.381. The van der Waals surface area contributed by atoms with Gasteiger partial charge in [0.15, 0.2) is 0 Å². The van der Waals surface area contributed by atoms with Gasteiger partial charge in [-0.25, -0.2) is 4.39 Å². The van der Waals surface area contributed by atoms with Crippen LogP contribution < -0.4 is 5.32 Å². The topological polar surface area (TPSA) is 65.5 Å². The Kier molecular flexibility index (Phi) is 5.34. The average molecular weight is 382 g/mol. The van der Waals surface area contributed by atoms with Gasteiger partial charge in [0, 0.05) is 57.2 Å². The summed E-state index contributed by atoms with van der Waals surface area (Å²) in [5.41, 5.74) is 2.25. The summed E-state index contributed by atoms with van der Waals surface area (Å²) in [6, 6.07) is 8.17. The van der Waals surface area contributed by atoms with E-state index in [4.69, 9.17) is 0 Å². The highest BCUT2D eigenvalue weighted by atomic mass is 19.1. The van der Waals surface area contributed by atoms with E-state index in [0.717, 1.165) is 31.6 Å². The Labute approximate surface area is 163 Å². The van der Waals surface area contributed by atoms with Gasteiger partial charge in [-0.15, -0.1) is 0 Å². The molecule has 1 fully saturated rings. The predicted molar refractivity (Wildman–Crippen MR) is 103 cm³/mol. The molecule has 1 aromatic heterocycles. The second-order valence-electron chi connectivity index (χ2n) is 7.35. The molecule has 2 aromatic rings. The SMILES string of the molecule is O=C1C[C@@H](C(=O)N2CCCN(Cc3cccnc3)CC2)c2cc(F)ccc2N1. The molecule has 0 radical (unpaired) electrons. The van der Waals surface area contributed by atoms with Crippen molar-refractivity contribution in [2.75, 3.05) is 31.5 Å². The molecule has 3 heterocycles. The van der Waals surface area contributed by atoms with E-state index < -0.39 is 11.7 Å². The molecule has 1 saturated heterocycles. The summed E-state index contributed by atoms with van der Waals surface area (Å²) in [6.45, 7) is 3.70. The number of halogens is 1. The van der Waals surface area contributed by atoms with Gasteiger partial charge in [0.05, 0.1) is 5.92 Å². The number of hydrogen-bond donors (Lipinski definition) is 1. The molecule has 6 nitrogen and oxygen atoms in total. The number of amides is 2. The monoisotopic (exact) mass is 382 g/mol.